The highest BCUT2D eigenvalue weighted by atomic mass is 15.2. The van der Waals surface area contributed by atoms with Crippen LogP contribution in [0.3, 0.4) is 0 Å². The predicted molar refractivity (Wildman–Crippen MR) is 69.9 cm³/mol. The van der Waals surface area contributed by atoms with Gasteiger partial charge in [-0.15, -0.1) is 0 Å². The van der Waals surface area contributed by atoms with Gasteiger partial charge in [-0.25, -0.2) is 4.98 Å². The van der Waals surface area contributed by atoms with Gasteiger partial charge in [0.1, 0.15) is 0 Å². The van der Waals surface area contributed by atoms with Crippen LogP contribution in [0.4, 0.5) is 5.95 Å². The Labute approximate surface area is 101 Å². The van der Waals surface area contributed by atoms with Gasteiger partial charge in [-0.3, -0.25) is 0 Å². The van der Waals surface area contributed by atoms with E-state index in [0.717, 1.165) is 29.4 Å². The highest BCUT2D eigenvalue weighted by molar-refractivity contribution is 5.78. The predicted octanol–water partition coefficient (Wildman–Crippen LogP) is 1.72. The van der Waals surface area contributed by atoms with E-state index in [0.29, 0.717) is 0 Å². The van der Waals surface area contributed by atoms with E-state index in [-0.39, 0.29) is 6.04 Å². The van der Waals surface area contributed by atoms with E-state index < -0.39 is 0 Å². The fraction of sp³-hybridized carbons (Fsp3) is 0.462. The average Bonchev–Trinajstić information content (AvgIpc) is 3.14. The third-order valence-electron chi connectivity index (χ3n) is 3.51. The van der Waals surface area contributed by atoms with Gasteiger partial charge >= 0.3 is 0 Å². The van der Waals surface area contributed by atoms with Crippen LogP contribution in [0, 0.1) is 5.92 Å². The van der Waals surface area contributed by atoms with Crippen LogP contribution < -0.4 is 11.1 Å². The number of nitrogens with one attached hydrogen (secondary N) is 1. The van der Waals surface area contributed by atoms with Crippen molar-refractivity contribution >= 4 is 17.0 Å². The van der Waals surface area contributed by atoms with Gasteiger partial charge in [-0.2, -0.15) is 0 Å². The number of fused-ring (bicyclic) bond motifs is 1. The van der Waals surface area contributed by atoms with Crippen LogP contribution in [0.5, 0.6) is 0 Å². The molecule has 0 bridgehead atoms. The van der Waals surface area contributed by atoms with Crippen molar-refractivity contribution in [3.8, 4) is 0 Å². The maximum Gasteiger partial charge on any atom is 0.203 e. The lowest BCUT2D eigenvalue weighted by Crippen LogP contribution is -2.31. The monoisotopic (exact) mass is 230 g/mol. The van der Waals surface area contributed by atoms with Crippen LogP contribution in [0.15, 0.2) is 24.3 Å². The van der Waals surface area contributed by atoms with Crippen molar-refractivity contribution in [3.05, 3.63) is 24.3 Å². The summed E-state index contributed by atoms with van der Waals surface area (Å²) < 4.78 is 2.08. The molecule has 1 aliphatic carbocycles. The molecule has 3 N–H and O–H groups in total. The first-order chi connectivity index (χ1) is 8.25. The van der Waals surface area contributed by atoms with Gasteiger partial charge in [0.2, 0.25) is 5.95 Å². The molecule has 1 heterocycles. The summed E-state index contributed by atoms with van der Waals surface area (Å²) >= 11 is 0. The number of nitrogens with zero attached hydrogens (tertiary/aromatic N) is 2. The molecule has 0 saturated heterocycles. The Morgan fingerprint density at radius 1 is 1.47 bits per heavy atom. The molecule has 90 valence electrons. The molecule has 0 radical (unpaired) electrons. The Balaban J connectivity index is 1.77. The van der Waals surface area contributed by atoms with E-state index in [2.05, 4.69) is 20.9 Å². The molecule has 1 aromatic heterocycles. The van der Waals surface area contributed by atoms with Crippen LogP contribution in [0.25, 0.3) is 11.0 Å². The molecule has 1 aliphatic rings. The molecule has 1 unspecified atom stereocenters. The summed E-state index contributed by atoms with van der Waals surface area (Å²) in [7, 11) is 2.03. The van der Waals surface area contributed by atoms with E-state index in [4.69, 9.17) is 5.73 Å². The first kappa shape index (κ1) is 10.6. The Morgan fingerprint density at radius 2 is 2.24 bits per heavy atom. The number of hydrogen-bond acceptors (Lipinski definition) is 3. The maximum absolute atomic E-state index is 6.07. The van der Waals surface area contributed by atoms with E-state index in [1.807, 2.05) is 25.2 Å². The lowest BCUT2D eigenvalue weighted by atomic mass is 10.2. The van der Waals surface area contributed by atoms with Crippen molar-refractivity contribution in [3.63, 3.8) is 0 Å². The fourth-order valence-corrected chi connectivity index (χ4v) is 2.20. The molecule has 1 atom stereocenters. The van der Waals surface area contributed by atoms with Gasteiger partial charge in [0.25, 0.3) is 0 Å². The zero-order chi connectivity index (χ0) is 11.8. The van der Waals surface area contributed by atoms with Crippen molar-refractivity contribution in [1.82, 2.24) is 9.55 Å². The summed E-state index contributed by atoms with van der Waals surface area (Å²) in [6.07, 6.45) is 2.57. The molecule has 4 heteroatoms. The van der Waals surface area contributed by atoms with Gasteiger partial charge in [0.05, 0.1) is 11.0 Å². The molecule has 0 amide bonds. The lowest BCUT2D eigenvalue weighted by molar-refractivity contribution is 0.617. The summed E-state index contributed by atoms with van der Waals surface area (Å²) in [5.74, 6) is 1.62. The Kier molecular flexibility index (Phi) is 2.52. The third-order valence-corrected chi connectivity index (χ3v) is 3.51. The molecule has 17 heavy (non-hydrogen) atoms. The minimum Gasteiger partial charge on any atom is -0.354 e. The normalized spacial score (nSPS) is 17.3. The summed E-state index contributed by atoms with van der Waals surface area (Å²) in [6.45, 7) is 0.807. The lowest BCUT2D eigenvalue weighted by Gasteiger charge is -2.12. The average molecular weight is 230 g/mol. The summed E-state index contributed by atoms with van der Waals surface area (Å²) in [4.78, 5) is 4.56. The quantitative estimate of drug-likeness (QED) is 0.841. The first-order valence-electron chi connectivity index (χ1n) is 6.16. The minimum atomic E-state index is 0.259. The van der Waals surface area contributed by atoms with Gasteiger partial charge in [-0.05, 0) is 30.9 Å². The number of benzene rings is 1. The zero-order valence-electron chi connectivity index (χ0n) is 10.1. The van der Waals surface area contributed by atoms with Crippen molar-refractivity contribution < 1.29 is 0 Å². The van der Waals surface area contributed by atoms with E-state index in [9.17, 15) is 0 Å². The molecule has 4 nitrogen and oxygen atoms in total. The molecule has 1 saturated carbocycles. The molecule has 1 fully saturated rings. The number of nitrogens with two attached hydrogens (primary N) is 1. The number of aromatic nitrogens is 2. The summed E-state index contributed by atoms with van der Waals surface area (Å²) in [5.41, 5.74) is 8.25. The van der Waals surface area contributed by atoms with Crippen LogP contribution in [0.1, 0.15) is 12.8 Å². The summed E-state index contributed by atoms with van der Waals surface area (Å²) in [5, 5.41) is 3.35. The van der Waals surface area contributed by atoms with Crippen molar-refractivity contribution in [1.29, 1.82) is 0 Å². The Hall–Kier alpha value is -1.55. The van der Waals surface area contributed by atoms with Gasteiger partial charge < -0.3 is 15.6 Å². The largest absolute Gasteiger partial charge is 0.354 e. The Bertz CT molecular complexity index is 527. The smallest absolute Gasteiger partial charge is 0.203 e. The number of para-hydroxylation sites is 2. The summed E-state index contributed by atoms with van der Waals surface area (Å²) in [6, 6.07) is 8.41. The van der Waals surface area contributed by atoms with Crippen molar-refractivity contribution in [2.75, 3.05) is 11.9 Å². The SMILES string of the molecule is Cn1c(NCC(N)C2CC2)nc2ccccc21. The first-order valence-corrected chi connectivity index (χ1v) is 6.16. The van der Waals surface area contributed by atoms with E-state index in [1.54, 1.807) is 0 Å². The number of rotatable bonds is 4. The van der Waals surface area contributed by atoms with Crippen molar-refractivity contribution in [2.24, 2.45) is 18.7 Å². The second kappa shape index (κ2) is 4.04. The van der Waals surface area contributed by atoms with Gasteiger partial charge in [-0.1, -0.05) is 12.1 Å². The third kappa shape index (κ3) is 2.00. The van der Waals surface area contributed by atoms with Gasteiger partial charge in [0, 0.05) is 19.6 Å². The molecule has 0 aliphatic heterocycles. The molecular formula is C13H18N4. The van der Waals surface area contributed by atoms with E-state index in [1.165, 1.54) is 12.8 Å². The number of anilines is 1. The minimum absolute atomic E-state index is 0.259. The zero-order valence-corrected chi connectivity index (χ0v) is 10.1. The molecular weight excluding hydrogens is 212 g/mol. The maximum atomic E-state index is 6.07. The topological polar surface area (TPSA) is 55.9 Å². The standard InChI is InChI=1S/C13H18N4/c1-17-12-5-3-2-4-11(12)16-13(17)15-8-10(14)9-6-7-9/h2-5,9-10H,6-8,14H2,1H3,(H,15,16). The molecule has 3 rings (SSSR count). The number of aryl methyl sites for hydroxylation is 1. The van der Waals surface area contributed by atoms with Crippen LogP contribution in [0.2, 0.25) is 0 Å². The number of imidazole rings is 1. The van der Waals surface area contributed by atoms with Crippen LogP contribution in [-0.4, -0.2) is 22.1 Å². The molecule has 2 aromatic rings. The fourth-order valence-electron chi connectivity index (χ4n) is 2.20. The Morgan fingerprint density at radius 3 is 2.94 bits per heavy atom. The second-order valence-electron chi connectivity index (χ2n) is 4.87. The van der Waals surface area contributed by atoms with Crippen molar-refractivity contribution in [2.45, 2.75) is 18.9 Å². The van der Waals surface area contributed by atoms with Gasteiger partial charge in [0.15, 0.2) is 0 Å². The highest BCUT2D eigenvalue weighted by Gasteiger charge is 2.28. The van der Waals surface area contributed by atoms with Crippen LogP contribution in [-0.2, 0) is 7.05 Å². The highest BCUT2D eigenvalue weighted by Crippen LogP contribution is 2.31. The second-order valence-corrected chi connectivity index (χ2v) is 4.87. The molecule has 0 spiro atoms. The number of hydrogen-bond donors (Lipinski definition) is 2. The molecule has 1 aromatic carbocycles. The van der Waals surface area contributed by atoms with E-state index >= 15 is 0 Å². The van der Waals surface area contributed by atoms with Crippen LogP contribution >= 0.6 is 0 Å².